The molecule has 0 fully saturated rings. The van der Waals surface area contributed by atoms with Crippen molar-refractivity contribution in [3.8, 4) is 11.7 Å². The highest BCUT2D eigenvalue weighted by atomic mass is 32.2. The Kier molecular flexibility index (Phi) is 1.20. The molecule has 0 saturated heterocycles. The van der Waals surface area contributed by atoms with Gasteiger partial charge in [0.15, 0.2) is 0 Å². The van der Waals surface area contributed by atoms with Gasteiger partial charge in [0.25, 0.3) is 0 Å². The highest BCUT2D eigenvalue weighted by molar-refractivity contribution is 7.95. The van der Waals surface area contributed by atoms with Crippen LogP contribution in [-0.4, -0.2) is 14.7 Å². The molecule has 0 radical (unpaired) electrons. The molecular weight excluding hydrogens is 100 g/mol. The van der Waals surface area contributed by atoms with Gasteiger partial charge in [-0.15, -0.1) is 6.42 Å². The Bertz CT molecular complexity index is 158. The maximum absolute atomic E-state index is 9.76. The van der Waals surface area contributed by atoms with Crippen molar-refractivity contribution >= 4 is 9.84 Å². The maximum Gasteiger partial charge on any atom is 0.213 e. The van der Waals surface area contributed by atoms with Gasteiger partial charge in [0.1, 0.15) is 0 Å². The molecule has 0 aromatic carbocycles. The van der Waals surface area contributed by atoms with Crippen LogP contribution in [0.1, 0.15) is 0 Å². The smallest absolute Gasteiger partial charge is 0.213 e. The van der Waals surface area contributed by atoms with Crippen molar-refractivity contribution in [2.45, 2.75) is 0 Å². The summed E-state index contributed by atoms with van der Waals surface area (Å²) in [6.07, 6.45) is 5.45. The van der Waals surface area contributed by atoms with E-state index in [1.54, 1.807) is 5.25 Å². The maximum atomic E-state index is 9.76. The molecule has 0 amide bonds. The lowest BCUT2D eigenvalue weighted by Crippen LogP contribution is -1.86. The number of hydrogen-bond acceptors (Lipinski definition) is 2. The minimum absolute atomic E-state index is 0.979. The van der Waals surface area contributed by atoms with E-state index in [4.69, 9.17) is 0 Å². The number of rotatable bonds is 0. The lowest BCUT2D eigenvalue weighted by atomic mass is 11.4. The first-order valence-corrected chi connectivity index (χ1v) is 3.13. The second kappa shape index (κ2) is 1.31. The van der Waals surface area contributed by atoms with E-state index >= 15 is 0 Å². The van der Waals surface area contributed by atoms with Gasteiger partial charge < -0.3 is 0 Å². The van der Waals surface area contributed by atoms with Crippen LogP contribution in [0.3, 0.4) is 0 Å². The van der Waals surface area contributed by atoms with E-state index < -0.39 is 9.84 Å². The zero-order chi connectivity index (χ0) is 5.21. The molecule has 0 saturated carbocycles. The Labute approximate surface area is 37.1 Å². The molecular formula is C3H4O2S. The van der Waals surface area contributed by atoms with Crippen LogP contribution in [0.4, 0.5) is 0 Å². The van der Waals surface area contributed by atoms with Gasteiger partial charge in [-0.25, -0.2) is 8.42 Å². The third-order valence-corrected chi connectivity index (χ3v) is 0.642. The average molecular weight is 104 g/mol. The fraction of sp³-hybridized carbons (Fsp3) is 0.333. The van der Waals surface area contributed by atoms with Gasteiger partial charge >= 0.3 is 0 Å². The van der Waals surface area contributed by atoms with Crippen LogP contribution in [0.15, 0.2) is 0 Å². The lowest BCUT2D eigenvalue weighted by molar-refractivity contribution is 0.611. The summed E-state index contributed by atoms with van der Waals surface area (Å²) in [6.45, 7) is 0. The fourth-order valence-electron chi connectivity index (χ4n) is 0. The minimum atomic E-state index is -3.13. The summed E-state index contributed by atoms with van der Waals surface area (Å²) < 4.78 is 19.5. The molecule has 34 valence electrons. The normalized spacial score (nSPS) is 10.0. The molecule has 2 nitrogen and oxygen atoms in total. The zero-order valence-electron chi connectivity index (χ0n) is 3.30. The summed E-state index contributed by atoms with van der Waals surface area (Å²) in [5, 5.41) is 1.58. The Hall–Kier alpha value is -0.490. The van der Waals surface area contributed by atoms with Crippen LogP contribution in [0, 0.1) is 11.7 Å². The fourth-order valence-corrected chi connectivity index (χ4v) is 0. The molecule has 0 aliphatic rings. The predicted molar refractivity (Wildman–Crippen MR) is 23.7 cm³/mol. The predicted octanol–water partition coefficient (Wildman–Crippen LogP) is -0.378. The van der Waals surface area contributed by atoms with Crippen LogP contribution in [0.25, 0.3) is 0 Å². The molecule has 0 spiro atoms. The SMILES string of the molecule is C#CS(C)(=O)=O. The van der Waals surface area contributed by atoms with Crippen molar-refractivity contribution in [1.29, 1.82) is 0 Å². The molecule has 0 aliphatic carbocycles. The van der Waals surface area contributed by atoms with Gasteiger partial charge in [-0.1, -0.05) is 0 Å². The van der Waals surface area contributed by atoms with Crippen molar-refractivity contribution < 1.29 is 8.42 Å². The van der Waals surface area contributed by atoms with Crippen LogP contribution < -0.4 is 0 Å². The van der Waals surface area contributed by atoms with Gasteiger partial charge in [-0.05, 0) is 0 Å². The van der Waals surface area contributed by atoms with E-state index in [9.17, 15) is 8.42 Å². The molecule has 0 unspecified atom stereocenters. The quantitative estimate of drug-likeness (QED) is 0.310. The molecule has 0 N–H and O–H groups in total. The van der Waals surface area contributed by atoms with Gasteiger partial charge in [-0.2, -0.15) is 0 Å². The van der Waals surface area contributed by atoms with E-state index in [1.165, 1.54) is 0 Å². The number of terminal acetylenes is 1. The van der Waals surface area contributed by atoms with E-state index in [2.05, 4.69) is 6.42 Å². The van der Waals surface area contributed by atoms with Crippen LogP contribution >= 0.6 is 0 Å². The summed E-state index contributed by atoms with van der Waals surface area (Å²) in [5.74, 6) is 0. The number of hydrogen-bond donors (Lipinski definition) is 0. The number of sulfone groups is 1. The average Bonchev–Trinajstić information content (AvgIpc) is 1.35. The molecule has 0 heterocycles. The standard InChI is InChI=1S/C3H4O2S/c1-3-6(2,4)5/h1H,2H3. The van der Waals surface area contributed by atoms with E-state index in [-0.39, 0.29) is 0 Å². The third-order valence-electron chi connectivity index (χ3n) is 0.214. The van der Waals surface area contributed by atoms with Crippen LogP contribution in [0.5, 0.6) is 0 Å². The lowest BCUT2D eigenvalue weighted by Gasteiger charge is -1.69. The van der Waals surface area contributed by atoms with Crippen molar-refractivity contribution in [2.75, 3.05) is 6.26 Å². The van der Waals surface area contributed by atoms with Crippen molar-refractivity contribution in [3.05, 3.63) is 0 Å². The van der Waals surface area contributed by atoms with Gasteiger partial charge in [0.05, 0.1) is 6.26 Å². The molecule has 0 aromatic heterocycles. The summed E-state index contributed by atoms with van der Waals surface area (Å²) in [6, 6.07) is 0. The molecule has 0 aromatic rings. The summed E-state index contributed by atoms with van der Waals surface area (Å²) in [4.78, 5) is 0. The Balaban J connectivity index is 4.41. The monoisotopic (exact) mass is 104 g/mol. The minimum Gasteiger partial charge on any atom is -0.216 e. The highest BCUT2D eigenvalue weighted by Crippen LogP contribution is 1.69. The Morgan fingerprint density at radius 2 is 1.83 bits per heavy atom. The van der Waals surface area contributed by atoms with Crippen molar-refractivity contribution in [2.24, 2.45) is 0 Å². The van der Waals surface area contributed by atoms with E-state index in [0.29, 0.717) is 0 Å². The first kappa shape index (κ1) is 5.51. The van der Waals surface area contributed by atoms with Crippen molar-refractivity contribution in [1.82, 2.24) is 0 Å². The highest BCUT2D eigenvalue weighted by Gasteiger charge is 1.86. The zero-order valence-corrected chi connectivity index (χ0v) is 4.12. The summed E-state index contributed by atoms with van der Waals surface area (Å²) in [5.41, 5.74) is 0. The molecule has 0 atom stereocenters. The molecule has 0 aliphatic heterocycles. The molecule has 3 heteroatoms. The molecule has 0 bridgehead atoms. The largest absolute Gasteiger partial charge is 0.216 e. The first-order chi connectivity index (χ1) is 2.56. The van der Waals surface area contributed by atoms with Gasteiger partial charge in [0, 0.05) is 5.25 Å². The van der Waals surface area contributed by atoms with Crippen LogP contribution in [0.2, 0.25) is 0 Å². The van der Waals surface area contributed by atoms with Crippen LogP contribution in [-0.2, 0) is 9.84 Å². The van der Waals surface area contributed by atoms with Gasteiger partial charge in [-0.3, -0.25) is 0 Å². The topological polar surface area (TPSA) is 34.1 Å². The van der Waals surface area contributed by atoms with Gasteiger partial charge in [0.2, 0.25) is 9.84 Å². The molecule has 6 heavy (non-hydrogen) atoms. The Morgan fingerprint density at radius 1 is 1.67 bits per heavy atom. The summed E-state index contributed by atoms with van der Waals surface area (Å²) in [7, 11) is -3.13. The second-order valence-electron chi connectivity index (χ2n) is 0.890. The van der Waals surface area contributed by atoms with E-state index in [1.807, 2.05) is 0 Å². The van der Waals surface area contributed by atoms with E-state index in [0.717, 1.165) is 6.26 Å². The second-order valence-corrected chi connectivity index (χ2v) is 2.67. The third kappa shape index (κ3) is 3.51. The first-order valence-electron chi connectivity index (χ1n) is 1.23. The molecule has 0 rings (SSSR count). The van der Waals surface area contributed by atoms with Crippen molar-refractivity contribution in [3.63, 3.8) is 0 Å². The summed E-state index contributed by atoms with van der Waals surface area (Å²) >= 11 is 0. The Morgan fingerprint density at radius 3 is 1.83 bits per heavy atom.